The lowest BCUT2D eigenvalue weighted by Crippen LogP contribution is -2.30. The fourth-order valence-corrected chi connectivity index (χ4v) is 10.6. The van der Waals surface area contributed by atoms with E-state index in [4.69, 9.17) is 14.2 Å². The first kappa shape index (κ1) is 78.8. The molecule has 82 heavy (non-hydrogen) atoms. The van der Waals surface area contributed by atoms with Crippen molar-refractivity contribution in [2.45, 2.75) is 380 Å². The van der Waals surface area contributed by atoms with Crippen molar-refractivity contribution in [1.82, 2.24) is 0 Å². The van der Waals surface area contributed by atoms with Crippen LogP contribution in [0.5, 0.6) is 0 Å². The Balaban J connectivity index is 4.13. The Morgan fingerprint density at radius 1 is 0.256 bits per heavy atom. The molecule has 0 rings (SSSR count). The molecule has 0 aromatic heterocycles. The van der Waals surface area contributed by atoms with Gasteiger partial charge in [-0.25, -0.2) is 0 Å². The minimum absolute atomic E-state index is 0.0721. The number of carbonyl (C=O) groups excluding carboxylic acids is 3. The van der Waals surface area contributed by atoms with E-state index in [2.05, 4.69) is 93.7 Å². The van der Waals surface area contributed by atoms with E-state index in [0.29, 0.717) is 19.3 Å². The summed E-state index contributed by atoms with van der Waals surface area (Å²) in [6.07, 6.45) is 92.3. The van der Waals surface area contributed by atoms with Gasteiger partial charge in [0.25, 0.3) is 0 Å². The van der Waals surface area contributed by atoms with Crippen LogP contribution in [0.1, 0.15) is 374 Å². The summed E-state index contributed by atoms with van der Waals surface area (Å²) in [6, 6.07) is 0. The molecule has 0 N–H and O–H groups in total. The molecule has 1 atom stereocenters. The summed E-state index contributed by atoms with van der Waals surface area (Å²) in [6.45, 7) is 6.55. The number of carbonyl (C=O) groups is 3. The summed E-state index contributed by atoms with van der Waals surface area (Å²) in [5.41, 5.74) is 0. The molecular formula is C76H136O6. The van der Waals surface area contributed by atoms with E-state index in [1.165, 1.54) is 244 Å². The molecule has 6 heteroatoms. The van der Waals surface area contributed by atoms with E-state index in [9.17, 15) is 14.4 Å². The topological polar surface area (TPSA) is 78.9 Å². The summed E-state index contributed by atoms with van der Waals surface area (Å²) in [4.78, 5) is 38.3. The van der Waals surface area contributed by atoms with E-state index < -0.39 is 6.10 Å². The first-order valence-electron chi connectivity index (χ1n) is 35.9. The Hall–Kier alpha value is -3.15. The Kier molecular flexibility index (Phi) is 67.6. The molecule has 1 unspecified atom stereocenters. The van der Waals surface area contributed by atoms with Gasteiger partial charge in [0.15, 0.2) is 6.10 Å². The highest BCUT2D eigenvalue weighted by Crippen LogP contribution is 2.18. The molecule has 0 saturated heterocycles. The second kappa shape index (κ2) is 70.3. The normalized spacial score (nSPS) is 12.5. The summed E-state index contributed by atoms with van der Waals surface area (Å²) in [5.74, 6) is -0.856. The molecule has 6 nitrogen and oxygen atoms in total. The molecule has 0 radical (unpaired) electrons. The molecule has 0 spiro atoms. The average molecular weight is 1150 g/mol. The molecule has 0 bridgehead atoms. The van der Waals surface area contributed by atoms with Crippen LogP contribution in [0.4, 0.5) is 0 Å². The maximum absolute atomic E-state index is 12.9. The zero-order valence-corrected chi connectivity index (χ0v) is 54.8. The molecule has 0 heterocycles. The summed E-state index contributed by atoms with van der Waals surface area (Å²) >= 11 is 0. The highest BCUT2D eigenvalue weighted by atomic mass is 16.6. The van der Waals surface area contributed by atoms with Crippen LogP contribution in [0, 0.1) is 0 Å². The van der Waals surface area contributed by atoms with E-state index in [-0.39, 0.29) is 31.1 Å². The first-order chi connectivity index (χ1) is 40.5. The van der Waals surface area contributed by atoms with Gasteiger partial charge in [-0.15, -0.1) is 0 Å². The van der Waals surface area contributed by atoms with Crippen LogP contribution in [-0.2, 0) is 28.6 Å². The lowest BCUT2D eigenvalue weighted by atomic mass is 10.0. The van der Waals surface area contributed by atoms with E-state index >= 15 is 0 Å². The van der Waals surface area contributed by atoms with Crippen LogP contribution < -0.4 is 0 Å². The second-order valence-corrected chi connectivity index (χ2v) is 24.1. The van der Waals surface area contributed by atoms with Crippen LogP contribution in [0.25, 0.3) is 0 Å². The number of rotatable bonds is 66. The minimum atomic E-state index is -0.775. The average Bonchev–Trinajstić information content (AvgIpc) is 3.47. The number of ether oxygens (including phenoxy) is 3. The van der Waals surface area contributed by atoms with E-state index in [0.717, 1.165) is 89.9 Å². The maximum atomic E-state index is 12.9. The smallest absolute Gasteiger partial charge is 0.306 e. The van der Waals surface area contributed by atoms with Crippen LogP contribution in [0.2, 0.25) is 0 Å². The molecule has 0 aromatic rings. The molecule has 0 aromatic carbocycles. The third kappa shape index (κ3) is 67.6. The van der Waals surface area contributed by atoms with Crippen molar-refractivity contribution >= 4 is 17.9 Å². The Labute approximate surface area is 510 Å². The third-order valence-corrected chi connectivity index (χ3v) is 15.9. The van der Waals surface area contributed by atoms with E-state index in [1.54, 1.807) is 0 Å². The van der Waals surface area contributed by atoms with Gasteiger partial charge in [0.2, 0.25) is 0 Å². The molecule has 0 fully saturated rings. The summed E-state index contributed by atoms with van der Waals surface area (Å²) < 4.78 is 17.0. The largest absolute Gasteiger partial charge is 0.462 e. The molecular weight excluding hydrogens is 1010 g/mol. The van der Waals surface area contributed by atoms with Crippen molar-refractivity contribution in [3.63, 3.8) is 0 Å². The van der Waals surface area contributed by atoms with Gasteiger partial charge in [-0.05, 0) is 89.9 Å². The molecule has 0 saturated carbocycles. The van der Waals surface area contributed by atoms with Gasteiger partial charge in [-0.2, -0.15) is 0 Å². The standard InChI is InChI=1S/C76H136O6/c1-4-7-10-13-16-19-22-24-26-28-30-32-34-35-36-37-38-39-40-41-43-44-46-48-50-52-54-57-60-63-66-69-75(78)81-72-73(71-80-74(77)68-65-62-59-56-21-18-15-12-9-6-3)82-76(79)70-67-64-61-58-55-53-51-49-47-45-42-33-31-29-27-25-23-20-17-14-11-8-5-2/h8,11,17,20,22,24-25,27-28,30-31,33,73H,4-7,9-10,12-16,18-19,21,23,26,29,32,34-72H2,1-3H3/b11-8-,20-17-,24-22-,27-25-,30-28-,33-31-. The van der Waals surface area contributed by atoms with Crippen LogP contribution in [-0.4, -0.2) is 37.2 Å². The van der Waals surface area contributed by atoms with Crippen molar-refractivity contribution < 1.29 is 28.6 Å². The number of esters is 3. The fraction of sp³-hybridized carbons (Fsp3) is 0.803. The SMILES string of the molecule is CC/C=C\C/C=C\C/C=C\C/C=C\CCCCCCCCCCCCC(=O)OC(COC(=O)CCCCCCCCCCCC)COC(=O)CCCCCCCCCCCCCCCCCCCCC/C=C\C/C=C\CCCCCCC. The maximum Gasteiger partial charge on any atom is 0.306 e. The monoisotopic (exact) mass is 1150 g/mol. The number of unbranched alkanes of at least 4 members (excludes halogenated alkanes) is 43. The molecule has 0 amide bonds. The zero-order chi connectivity index (χ0) is 59.2. The fourth-order valence-electron chi connectivity index (χ4n) is 10.6. The predicted molar refractivity (Wildman–Crippen MR) is 358 cm³/mol. The summed E-state index contributed by atoms with van der Waals surface area (Å²) in [5, 5.41) is 0. The Morgan fingerprint density at radius 2 is 0.476 bits per heavy atom. The first-order valence-corrected chi connectivity index (χ1v) is 35.9. The van der Waals surface area contributed by atoms with Crippen molar-refractivity contribution in [1.29, 1.82) is 0 Å². The van der Waals surface area contributed by atoms with Gasteiger partial charge < -0.3 is 14.2 Å². The number of allylic oxidation sites excluding steroid dienone is 12. The second-order valence-electron chi connectivity index (χ2n) is 24.1. The van der Waals surface area contributed by atoms with Gasteiger partial charge >= 0.3 is 17.9 Å². The zero-order valence-electron chi connectivity index (χ0n) is 54.8. The molecule has 0 aliphatic rings. The minimum Gasteiger partial charge on any atom is -0.462 e. The lowest BCUT2D eigenvalue weighted by molar-refractivity contribution is -0.167. The number of hydrogen-bond acceptors (Lipinski definition) is 6. The number of hydrogen-bond donors (Lipinski definition) is 0. The summed E-state index contributed by atoms with van der Waals surface area (Å²) in [7, 11) is 0. The van der Waals surface area contributed by atoms with Gasteiger partial charge in [0.05, 0.1) is 0 Å². The van der Waals surface area contributed by atoms with Crippen molar-refractivity contribution in [2.24, 2.45) is 0 Å². The highest BCUT2D eigenvalue weighted by Gasteiger charge is 2.19. The van der Waals surface area contributed by atoms with Crippen molar-refractivity contribution in [2.75, 3.05) is 13.2 Å². The Morgan fingerprint density at radius 3 is 0.744 bits per heavy atom. The molecule has 476 valence electrons. The predicted octanol–water partition coefficient (Wildman–Crippen LogP) is 24.8. The van der Waals surface area contributed by atoms with E-state index in [1.807, 2.05) is 0 Å². The van der Waals surface area contributed by atoms with Crippen molar-refractivity contribution in [3.8, 4) is 0 Å². The quantitative estimate of drug-likeness (QED) is 0.0261. The Bertz CT molecular complexity index is 1500. The molecule has 0 aliphatic carbocycles. The van der Waals surface area contributed by atoms with Crippen LogP contribution >= 0.6 is 0 Å². The van der Waals surface area contributed by atoms with Gasteiger partial charge in [0.1, 0.15) is 13.2 Å². The van der Waals surface area contributed by atoms with Crippen molar-refractivity contribution in [3.05, 3.63) is 72.9 Å². The lowest BCUT2D eigenvalue weighted by Gasteiger charge is -2.18. The van der Waals surface area contributed by atoms with Gasteiger partial charge in [0, 0.05) is 19.3 Å². The van der Waals surface area contributed by atoms with Crippen LogP contribution in [0.15, 0.2) is 72.9 Å². The van der Waals surface area contributed by atoms with Gasteiger partial charge in [-0.1, -0.05) is 338 Å². The molecule has 0 aliphatic heterocycles. The third-order valence-electron chi connectivity index (χ3n) is 15.9. The van der Waals surface area contributed by atoms with Gasteiger partial charge in [-0.3, -0.25) is 14.4 Å². The highest BCUT2D eigenvalue weighted by molar-refractivity contribution is 5.71. The van der Waals surface area contributed by atoms with Crippen LogP contribution in [0.3, 0.4) is 0 Å².